The highest BCUT2D eigenvalue weighted by Gasteiger charge is 2.29. The van der Waals surface area contributed by atoms with Gasteiger partial charge in [-0.3, -0.25) is 9.59 Å². The number of ether oxygens (including phenoxy) is 1. The molecule has 2 aromatic rings. The minimum absolute atomic E-state index is 0.0363. The second-order valence-electron chi connectivity index (χ2n) is 6.19. The Hall–Kier alpha value is -2.76. The minimum atomic E-state index is -0.119. The summed E-state index contributed by atoms with van der Waals surface area (Å²) in [7, 11) is 1.58. The van der Waals surface area contributed by atoms with Crippen molar-refractivity contribution in [2.45, 2.75) is 19.8 Å². The van der Waals surface area contributed by atoms with Gasteiger partial charge in [0.05, 0.1) is 19.1 Å². The molecule has 0 spiro atoms. The molecule has 0 unspecified atom stereocenters. The van der Waals surface area contributed by atoms with Crippen molar-refractivity contribution in [2.75, 3.05) is 25.5 Å². The number of benzene rings is 1. The average Bonchev–Trinajstić information content (AvgIpc) is 3.07. The van der Waals surface area contributed by atoms with E-state index in [0.29, 0.717) is 43.1 Å². The van der Waals surface area contributed by atoms with Gasteiger partial charge in [-0.05, 0) is 38.0 Å². The van der Waals surface area contributed by atoms with E-state index in [2.05, 4.69) is 5.32 Å². The summed E-state index contributed by atoms with van der Waals surface area (Å²) in [6.45, 7) is 2.94. The number of para-hydroxylation sites is 2. The molecule has 6 nitrogen and oxygen atoms in total. The number of rotatable bonds is 4. The average molecular weight is 342 g/mol. The molecule has 2 amide bonds. The second-order valence-corrected chi connectivity index (χ2v) is 6.19. The summed E-state index contributed by atoms with van der Waals surface area (Å²) in [6, 6.07) is 9.11. The molecular weight excluding hydrogens is 320 g/mol. The van der Waals surface area contributed by atoms with E-state index in [4.69, 9.17) is 9.15 Å². The van der Waals surface area contributed by atoms with E-state index >= 15 is 0 Å². The number of carbonyl (C=O) groups is 2. The maximum atomic E-state index is 12.5. The first-order valence-electron chi connectivity index (χ1n) is 8.37. The number of hydrogen-bond donors (Lipinski definition) is 1. The molecule has 1 N–H and O–H groups in total. The number of nitrogens with zero attached hydrogens (tertiary/aromatic N) is 1. The van der Waals surface area contributed by atoms with Crippen LogP contribution in [0.4, 0.5) is 5.69 Å². The molecule has 132 valence electrons. The number of likely N-dealkylation sites (tertiary alicyclic amines) is 1. The van der Waals surface area contributed by atoms with E-state index in [1.165, 1.54) is 6.26 Å². The number of hydrogen-bond acceptors (Lipinski definition) is 4. The summed E-state index contributed by atoms with van der Waals surface area (Å²) < 4.78 is 10.5. The molecule has 0 radical (unpaired) electrons. The molecule has 1 fully saturated rings. The fourth-order valence-electron chi connectivity index (χ4n) is 3.06. The summed E-state index contributed by atoms with van der Waals surface area (Å²) in [4.78, 5) is 26.7. The van der Waals surface area contributed by atoms with Gasteiger partial charge < -0.3 is 19.4 Å². The highest BCUT2D eigenvalue weighted by molar-refractivity contribution is 5.95. The van der Waals surface area contributed by atoms with Gasteiger partial charge in [0.1, 0.15) is 5.75 Å². The first kappa shape index (κ1) is 17.1. The molecule has 0 bridgehead atoms. The number of amides is 2. The van der Waals surface area contributed by atoms with Crippen molar-refractivity contribution in [2.24, 2.45) is 5.92 Å². The summed E-state index contributed by atoms with van der Waals surface area (Å²) in [6.07, 6.45) is 2.79. The Balaban J connectivity index is 1.58. The van der Waals surface area contributed by atoms with Gasteiger partial charge >= 0.3 is 0 Å². The van der Waals surface area contributed by atoms with Crippen LogP contribution in [-0.4, -0.2) is 36.9 Å². The molecule has 0 saturated carbocycles. The number of anilines is 1. The van der Waals surface area contributed by atoms with Crippen LogP contribution in [0.2, 0.25) is 0 Å². The normalized spacial score (nSPS) is 15.0. The largest absolute Gasteiger partial charge is 0.495 e. The van der Waals surface area contributed by atoms with Crippen LogP contribution in [0.3, 0.4) is 0 Å². The first-order chi connectivity index (χ1) is 12.1. The lowest BCUT2D eigenvalue weighted by atomic mass is 9.95. The van der Waals surface area contributed by atoms with Gasteiger partial charge in [0, 0.05) is 24.6 Å². The third-order valence-corrected chi connectivity index (χ3v) is 4.57. The van der Waals surface area contributed by atoms with Gasteiger partial charge in [-0.15, -0.1) is 0 Å². The first-order valence-corrected chi connectivity index (χ1v) is 8.37. The molecule has 6 heteroatoms. The lowest BCUT2D eigenvalue weighted by Crippen LogP contribution is -2.41. The molecule has 1 aliphatic rings. The summed E-state index contributed by atoms with van der Waals surface area (Å²) >= 11 is 0. The molecule has 1 aromatic carbocycles. The highest BCUT2D eigenvalue weighted by atomic mass is 16.5. The predicted octanol–water partition coefficient (Wildman–Crippen LogP) is 3.09. The summed E-state index contributed by atoms with van der Waals surface area (Å²) in [5.74, 6) is 0.761. The van der Waals surface area contributed by atoms with E-state index in [-0.39, 0.29) is 17.7 Å². The van der Waals surface area contributed by atoms with Crippen molar-refractivity contribution in [3.8, 4) is 5.75 Å². The van der Waals surface area contributed by atoms with Gasteiger partial charge in [-0.1, -0.05) is 12.1 Å². The van der Waals surface area contributed by atoms with Crippen LogP contribution in [0.1, 0.15) is 29.0 Å². The number of methoxy groups -OCH3 is 1. The Labute approximate surface area is 146 Å². The van der Waals surface area contributed by atoms with Gasteiger partial charge in [0.15, 0.2) is 5.76 Å². The molecule has 1 saturated heterocycles. The lowest BCUT2D eigenvalue weighted by molar-refractivity contribution is -0.121. The van der Waals surface area contributed by atoms with Crippen LogP contribution in [0.5, 0.6) is 5.75 Å². The number of piperidine rings is 1. The monoisotopic (exact) mass is 342 g/mol. The second kappa shape index (κ2) is 7.42. The molecule has 3 rings (SSSR count). The van der Waals surface area contributed by atoms with Crippen LogP contribution in [0, 0.1) is 12.8 Å². The van der Waals surface area contributed by atoms with Gasteiger partial charge in [0.25, 0.3) is 5.91 Å². The Morgan fingerprint density at radius 2 is 1.92 bits per heavy atom. The van der Waals surface area contributed by atoms with Crippen LogP contribution in [0.25, 0.3) is 0 Å². The van der Waals surface area contributed by atoms with Crippen LogP contribution < -0.4 is 10.1 Å². The van der Waals surface area contributed by atoms with Gasteiger partial charge in [-0.2, -0.15) is 0 Å². The third-order valence-electron chi connectivity index (χ3n) is 4.57. The van der Waals surface area contributed by atoms with E-state index in [0.717, 1.165) is 5.56 Å². The van der Waals surface area contributed by atoms with Gasteiger partial charge in [0.2, 0.25) is 5.91 Å². The zero-order chi connectivity index (χ0) is 17.8. The van der Waals surface area contributed by atoms with Crippen molar-refractivity contribution >= 4 is 17.5 Å². The molecular formula is C19H22N2O4. The molecule has 0 aliphatic carbocycles. The van der Waals surface area contributed by atoms with Crippen molar-refractivity contribution in [1.29, 1.82) is 0 Å². The molecule has 2 heterocycles. The SMILES string of the molecule is COc1ccccc1NC(=O)C1CCN(C(=O)c2occc2C)CC1. The zero-order valence-corrected chi connectivity index (χ0v) is 14.5. The molecule has 0 atom stereocenters. The van der Waals surface area contributed by atoms with Crippen LogP contribution in [0.15, 0.2) is 41.0 Å². The zero-order valence-electron chi connectivity index (χ0n) is 14.5. The summed E-state index contributed by atoms with van der Waals surface area (Å²) in [5, 5.41) is 2.93. The van der Waals surface area contributed by atoms with E-state index in [1.807, 2.05) is 31.2 Å². The van der Waals surface area contributed by atoms with Crippen molar-refractivity contribution < 1.29 is 18.7 Å². The maximum Gasteiger partial charge on any atom is 0.289 e. The molecule has 1 aromatic heterocycles. The Bertz CT molecular complexity index is 760. The Kier molecular flexibility index (Phi) is 5.07. The van der Waals surface area contributed by atoms with Crippen molar-refractivity contribution in [1.82, 2.24) is 4.90 Å². The number of aryl methyl sites for hydroxylation is 1. The van der Waals surface area contributed by atoms with E-state index in [9.17, 15) is 9.59 Å². The standard InChI is InChI=1S/C19H22N2O4/c1-13-9-12-25-17(13)19(23)21-10-7-14(8-11-21)18(22)20-15-5-3-4-6-16(15)24-2/h3-6,9,12,14H,7-8,10-11H2,1-2H3,(H,20,22). The number of carbonyl (C=O) groups excluding carboxylic acids is 2. The Morgan fingerprint density at radius 1 is 1.20 bits per heavy atom. The topological polar surface area (TPSA) is 71.8 Å². The van der Waals surface area contributed by atoms with Crippen molar-refractivity contribution in [3.05, 3.63) is 47.9 Å². The molecule has 1 aliphatic heterocycles. The predicted molar refractivity (Wildman–Crippen MR) is 93.7 cm³/mol. The minimum Gasteiger partial charge on any atom is -0.495 e. The van der Waals surface area contributed by atoms with Gasteiger partial charge in [-0.25, -0.2) is 0 Å². The molecule has 25 heavy (non-hydrogen) atoms. The smallest absolute Gasteiger partial charge is 0.289 e. The van der Waals surface area contributed by atoms with E-state index in [1.54, 1.807) is 18.1 Å². The van der Waals surface area contributed by atoms with Crippen LogP contribution >= 0.6 is 0 Å². The Morgan fingerprint density at radius 3 is 2.56 bits per heavy atom. The third kappa shape index (κ3) is 3.68. The fraction of sp³-hybridized carbons (Fsp3) is 0.368. The quantitative estimate of drug-likeness (QED) is 0.927. The van der Waals surface area contributed by atoms with Crippen LogP contribution in [-0.2, 0) is 4.79 Å². The maximum absolute atomic E-state index is 12.5. The highest BCUT2D eigenvalue weighted by Crippen LogP contribution is 2.26. The van der Waals surface area contributed by atoms with Crippen molar-refractivity contribution in [3.63, 3.8) is 0 Å². The van der Waals surface area contributed by atoms with E-state index < -0.39 is 0 Å². The number of nitrogens with one attached hydrogen (secondary N) is 1. The summed E-state index contributed by atoms with van der Waals surface area (Å²) in [5.41, 5.74) is 1.50. The lowest BCUT2D eigenvalue weighted by Gasteiger charge is -2.31. The number of furan rings is 1. The fourth-order valence-corrected chi connectivity index (χ4v) is 3.06.